The molecule has 4 aromatic rings. The van der Waals surface area contributed by atoms with E-state index in [4.69, 9.17) is 26.4 Å². The van der Waals surface area contributed by atoms with Crippen LogP contribution in [0.5, 0.6) is 23.0 Å². The highest BCUT2D eigenvalue weighted by molar-refractivity contribution is 7.80. The van der Waals surface area contributed by atoms with Crippen LogP contribution in [-0.4, -0.2) is 42.4 Å². The number of hydrogen-bond acceptors (Lipinski definition) is 8. The van der Waals surface area contributed by atoms with Gasteiger partial charge in [-0.3, -0.25) is 10.1 Å². The molecule has 0 spiro atoms. The van der Waals surface area contributed by atoms with Crippen LogP contribution < -0.4 is 24.8 Å². The van der Waals surface area contributed by atoms with Crippen LogP contribution in [0.2, 0.25) is 0 Å². The number of anilines is 1. The lowest BCUT2D eigenvalue weighted by Gasteiger charge is -2.15. The van der Waals surface area contributed by atoms with E-state index in [1.54, 1.807) is 19.1 Å². The topological polar surface area (TPSA) is 102 Å². The number of rotatable bonds is 6. The van der Waals surface area contributed by atoms with Crippen LogP contribution in [0.3, 0.4) is 0 Å². The number of methoxy groups -OCH3 is 3. The highest BCUT2D eigenvalue weighted by atomic mass is 32.1. The van der Waals surface area contributed by atoms with Crippen LogP contribution in [0.15, 0.2) is 48.5 Å². The minimum absolute atomic E-state index is 0.0871. The molecular formula is C25H23N3O5S2. The molecule has 0 atom stereocenters. The fraction of sp³-hybridized carbons (Fsp3) is 0.160. The number of thiazole rings is 1. The summed E-state index contributed by atoms with van der Waals surface area (Å²) in [6.45, 7) is 1.79. The molecule has 0 aliphatic heterocycles. The Morgan fingerprint density at radius 3 is 2.34 bits per heavy atom. The van der Waals surface area contributed by atoms with E-state index in [9.17, 15) is 9.90 Å². The normalized spacial score (nSPS) is 10.6. The number of amides is 1. The number of nitrogens with zero attached hydrogens (tertiary/aromatic N) is 1. The molecule has 0 fully saturated rings. The molecule has 0 saturated carbocycles. The number of hydrogen-bond donors (Lipinski definition) is 3. The van der Waals surface area contributed by atoms with Crippen LogP contribution >= 0.6 is 23.6 Å². The molecule has 35 heavy (non-hydrogen) atoms. The summed E-state index contributed by atoms with van der Waals surface area (Å²) in [5, 5.41) is 17.1. The number of thiocarbonyl (C=S) groups is 1. The Bertz CT molecular complexity index is 1380. The summed E-state index contributed by atoms with van der Waals surface area (Å²) in [7, 11) is 4.43. The smallest absolute Gasteiger partial charge is 0.257 e. The Kier molecular flexibility index (Phi) is 7.04. The Hall–Kier alpha value is -3.89. The molecular weight excluding hydrogens is 486 g/mol. The van der Waals surface area contributed by atoms with E-state index in [0.717, 1.165) is 10.2 Å². The van der Waals surface area contributed by atoms with Crippen molar-refractivity contribution >= 4 is 50.5 Å². The van der Waals surface area contributed by atoms with Crippen molar-refractivity contribution in [1.29, 1.82) is 0 Å². The highest BCUT2D eigenvalue weighted by Crippen LogP contribution is 2.39. The number of ether oxygens (including phenoxy) is 3. The minimum Gasteiger partial charge on any atom is -0.507 e. The molecule has 1 amide bonds. The summed E-state index contributed by atoms with van der Waals surface area (Å²) in [6, 6.07) is 14.3. The molecule has 0 unspecified atom stereocenters. The lowest BCUT2D eigenvalue weighted by atomic mass is 10.1. The zero-order valence-electron chi connectivity index (χ0n) is 19.5. The van der Waals surface area contributed by atoms with Gasteiger partial charge in [0, 0.05) is 11.3 Å². The van der Waals surface area contributed by atoms with Gasteiger partial charge in [0.15, 0.2) is 16.6 Å². The van der Waals surface area contributed by atoms with Gasteiger partial charge in [-0.2, -0.15) is 0 Å². The van der Waals surface area contributed by atoms with Gasteiger partial charge in [0.05, 0.1) is 37.1 Å². The van der Waals surface area contributed by atoms with Gasteiger partial charge in [0.25, 0.3) is 5.91 Å². The van der Waals surface area contributed by atoms with Gasteiger partial charge in [-0.1, -0.05) is 12.1 Å². The Morgan fingerprint density at radius 1 is 1.03 bits per heavy atom. The summed E-state index contributed by atoms with van der Waals surface area (Å²) < 4.78 is 16.9. The monoisotopic (exact) mass is 509 g/mol. The molecule has 180 valence electrons. The largest absolute Gasteiger partial charge is 0.507 e. The van der Waals surface area contributed by atoms with E-state index in [-0.39, 0.29) is 16.4 Å². The molecule has 0 aliphatic carbocycles. The molecule has 1 aromatic heterocycles. The summed E-state index contributed by atoms with van der Waals surface area (Å²) in [5.74, 6) is 0.774. The number of carbonyl (C=O) groups is 1. The molecule has 10 heteroatoms. The second kappa shape index (κ2) is 10.2. The van der Waals surface area contributed by atoms with Crippen LogP contribution in [0, 0.1) is 6.92 Å². The van der Waals surface area contributed by atoms with Crippen LogP contribution in [-0.2, 0) is 0 Å². The Labute approximate surface area is 211 Å². The number of aromatic hydroxyl groups is 1. The number of aryl methyl sites for hydroxylation is 1. The molecule has 4 rings (SSSR count). The van der Waals surface area contributed by atoms with Gasteiger partial charge >= 0.3 is 0 Å². The van der Waals surface area contributed by atoms with Crippen LogP contribution in [0.25, 0.3) is 20.8 Å². The van der Waals surface area contributed by atoms with Crippen molar-refractivity contribution < 1.29 is 24.1 Å². The number of nitrogens with one attached hydrogen (secondary N) is 2. The van der Waals surface area contributed by atoms with Crippen molar-refractivity contribution in [1.82, 2.24) is 10.3 Å². The first-order valence-electron chi connectivity index (χ1n) is 10.5. The number of benzene rings is 3. The number of fused-ring (bicyclic) bond motifs is 1. The second-order valence-electron chi connectivity index (χ2n) is 7.50. The van der Waals surface area contributed by atoms with Crippen molar-refractivity contribution in [3.63, 3.8) is 0 Å². The van der Waals surface area contributed by atoms with E-state index in [2.05, 4.69) is 15.6 Å². The Balaban J connectivity index is 1.56. The molecule has 0 aliphatic rings. The van der Waals surface area contributed by atoms with Gasteiger partial charge in [-0.25, -0.2) is 4.98 Å². The molecule has 1 heterocycles. The first-order valence-corrected chi connectivity index (χ1v) is 11.7. The van der Waals surface area contributed by atoms with Gasteiger partial charge in [-0.05, 0) is 61.1 Å². The van der Waals surface area contributed by atoms with E-state index >= 15 is 0 Å². The third-order valence-corrected chi connectivity index (χ3v) is 6.51. The Morgan fingerprint density at radius 2 is 1.71 bits per heavy atom. The second-order valence-corrected chi connectivity index (χ2v) is 8.94. The fourth-order valence-electron chi connectivity index (χ4n) is 3.55. The van der Waals surface area contributed by atoms with E-state index in [1.165, 1.54) is 44.8 Å². The molecule has 3 N–H and O–H groups in total. The number of carbonyl (C=O) groups excluding carboxylic acids is 1. The van der Waals surface area contributed by atoms with Gasteiger partial charge < -0.3 is 24.6 Å². The zero-order chi connectivity index (χ0) is 25.1. The predicted octanol–water partition coefficient (Wildman–Crippen LogP) is 5.13. The minimum atomic E-state index is -0.455. The molecule has 0 saturated heterocycles. The number of phenolic OH excluding ortho intramolecular Hbond substituents is 1. The van der Waals surface area contributed by atoms with Gasteiger partial charge in [-0.15, -0.1) is 11.3 Å². The van der Waals surface area contributed by atoms with E-state index in [0.29, 0.717) is 39.1 Å². The molecule has 0 radical (unpaired) electrons. The number of phenols is 1. The van der Waals surface area contributed by atoms with Crippen LogP contribution in [0.1, 0.15) is 15.9 Å². The van der Waals surface area contributed by atoms with Gasteiger partial charge in [0.1, 0.15) is 10.8 Å². The fourth-order valence-corrected chi connectivity index (χ4v) is 4.75. The molecule has 8 nitrogen and oxygen atoms in total. The predicted molar refractivity (Wildman–Crippen MR) is 141 cm³/mol. The highest BCUT2D eigenvalue weighted by Gasteiger charge is 2.19. The van der Waals surface area contributed by atoms with Crippen molar-refractivity contribution in [2.45, 2.75) is 6.92 Å². The van der Waals surface area contributed by atoms with Crippen molar-refractivity contribution in [2.75, 3.05) is 26.6 Å². The average Bonchev–Trinajstić information content (AvgIpc) is 3.29. The summed E-state index contributed by atoms with van der Waals surface area (Å²) >= 11 is 6.85. The SMILES string of the molecule is COc1cc(C(=O)NC(=S)Nc2cc(C)c(O)c(-c3nc4ccccc4s3)c2)cc(OC)c1OC. The first kappa shape index (κ1) is 24.2. The van der Waals surface area contributed by atoms with Crippen molar-refractivity contribution in [2.24, 2.45) is 0 Å². The average molecular weight is 510 g/mol. The maximum Gasteiger partial charge on any atom is 0.257 e. The van der Waals surface area contributed by atoms with Crippen LogP contribution in [0.4, 0.5) is 5.69 Å². The standard InChI is InChI=1S/C25H23N3O5S2/c1-13-9-15(12-16(21(13)29)24-27-17-7-5-6-8-20(17)35-24)26-25(34)28-23(30)14-10-18(31-2)22(33-4)19(11-14)32-3/h5-12,29H,1-4H3,(H2,26,28,30,34). The molecule has 3 aromatic carbocycles. The summed E-state index contributed by atoms with van der Waals surface area (Å²) in [5.41, 5.74) is 2.96. The zero-order valence-corrected chi connectivity index (χ0v) is 21.1. The third-order valence-electron chi connectivity index (χ3n) is 5.24. The third kappa shape index (κ3) is 4.98. The number of aromatic nitrogens is 1. The maximum absolute atomic E-state index is 12.9. The van der Waals surface area contributed by atoms with E-state index < -0.39 is 5.91 Å². The lowest BCUT2D eigenvalue weighted by Crippen LogP contribution is -2.34. The maximum atomic E-state index is 12.9. The van der Waals surface area contributed by atoms with E-state index in [1.807, 2.05) is 24.3 Å². The summed E-state index contributed by atoms with van der Waals surface area (Å²) in [6.07, 6.45) is 0. The van der Waals surface area contributed by atoms with Crippen molar-refractivity contribution in [3.8, 4) is 33.6 Å². The molecule has 0 bridgehead atoms. The first-order chi connectivity index (χ1) is 16.8. The number of para-hydroxylation sites is 1. The van der Waals surface area contributed by atoms with Crippen molar-refractivity contribution in [3.05, 3.63) is 59.7 Å². The van der Waals surface area contributed by atoms with Gasteiger partial charge in [0.2, 0.25) is 5.75 Å². The quantitative estimate of drug-likeness (QED) is 0.243. The lowest BCUT2D eigenvalue weighted by molar-refractivity contribution is 0.0977. The summed E-state index contributed by atoms with van der Waals surface area (Å²) in [4.78, 5) is 17.5.